The van der Waals surface area contributed by atoms with Crippen LogP contribution in [0.15, 0.2) is 0 Å². The molecule has 0 aromatic heterocycles. The lowest BCUT2D eigenvalue weighted by Crippen LogP contribution is -2.63. The molecular formula is C23H36O5. The van der Waals surface area contributed by atoms with Crippen LogP contribution in [0.5, 0.6) is 0 Å². The summed E-state index contributed by atoms with van der Waals surface area (Å²) in [5, 5.41) is 21.6. The molecule has 0 saturated heterocycles. The van der Waals surface area contributed by atoms with Gasteiger partial charge in [-0.3, -0.25) is 9.59 Å². The summed E-state index contributed by atoms with van der Waals surface area (Å²) in [6.45, 7) is 7.56. The van der Waals surface area contributed by atoms with Crippen LogP contribution in [0.2, 0.25) is 0 Å². The molecule has 4 aliphatic rings. The van der Waals surface area contributed by atoms with Gasteiger partial charge in [0.05, 0.1) is 12.2 Å². The fourth-order valence-electron chi connectivity index (χ4n) is 8.14. The standard InChI is InChI=1S/C23H36O5/c1-12(24)16-5-6-17-21-18(11-20(27)23(16,17)4)22(3)8-7-15(26)9-14(22)10-19(21)28-13(2)25/h14-21,26-27H,5-11H2,1-4H3/t14-,15+,16-,17+,18+,19+,20-,21+,22-,23-/m0/s1. The molecular weight excluding hydrogens is 356 g/mol. The third-order valence-electron chi connectivity index (χ3n) is 9.55. The van der Waals surface area contributed by atoms with E-state index in [0.717, 1.165) is 38.5 Å². The van der Waals surface area contributed by atoms with Crippen LogP contribution in [0.4, 0.5) is 0 Å². The van der Waals surface area contributed by atoms with Gasteiger partial charge in [-0.05, 0) is 75.0 Å². The number of ether oxygens (including phenoxy) is 1. The molecule has 10 atom stereocenters. The fourth-order valence-corrected chi connectivity index (χ4v) is 8.14. The zero-order chi connectivity index (χ0) is 20.4. The Labute approximate surface area is 168 Å². The number of aliphatic hydroxyl groups excluding tert-OH is 2. The number of hydrogen-bond acceptors (Lipinski definition) is 5. The number of rotatable bonds is 2. The van der Waals surface area contributed by atoms with Crippen molar-refractivity contribution in [1.82, 2.24) is 0 Å². The van der Waals surface area contributed by atoms with Gasteiger partial charge < -0.3 is 14.9 Å². The molecule has 5 heteroatoms. The van der Waals surface area contributed by atoms with Crippen molar-refractivity contribution < 1.29 is 24.5 Å². The maximum absolute atomic E-state index is 12.4. The number of Topliss-reactive ketones (excluding diaryl/α,β-unsaturated/α-hetero) is 1. The van der Waals surface area contributed by atoms with Crippen molar-refractivity contribution >= 4 is 11.8 Å². The second kappa shape index (κ2) is 6.80. The molecule has 0 aliphatic heterocycles. The van der Waals surface area contributed by atoms with Crippen LogP contribution in [0.1, 0.15) is 72.6 Å². The lowest BCUT2D eigenvalue weighted by atomic mass is 9.43. The number of carbonyl (C=O) groups is 2. The Hall–Kier alpha value is -0.940. The van der Waals surface area contributed by atoms with E-state index >= 15 is 0 Å². The predicted octanol–water partition coefficient (Wildman–Crippen LogP) is 3.11. The SMILES string of the molecule is CC(=O)O[C@@H]1C[C@@H]2C[C@H](O)CC[C@]2(C)[C@@H]2C[C@H](O)[C@]3(C)[C@H](CC[C@H]3C(C)=O)[C@H]21. The van der Waals surface area contributed by atoms with Gasteiger partial charge in [0.15, 0.2) is 0 Å². The molecule has 4 rings (SSSR count). The summed E-state index contributed by atoms with van der Waals surface area (Å²) in [5.41, 5.74) is -0.375. The quantitative estimate of drug-likeness (QED) is 0.706. The molecule has 0 spiro atoms. The van der Waals surface area contributed by atoms with Crippen molar-refractivity contribution in [3.05, 3.63) is 0 Å². The first kappa shape index (κ1) is 20.3. The molecule has 0 heterocycles. The highest BCUT2D eigenvalue weighted by Gasteiger charge is 2.66. The van der Waals surface area contributed by atoms with Gasteiger partial charge in [0.2, 0.25) is 0 Å². The van der Waals surface area contributed by atoms with Gasteiger partial charge in [-0.15, -0.1) is 0 Å². The van der Waals surface area contributed by atoms with Crippen LogP contribution in [0.3, 0.4) is 0 Å². The highest BCUT2D eigenvalue weighted by atomic mass is 16.5. The van der Waals surface area contributed by atoms with Gasteiger partial charge in [-0.1, -0.05) is 13.8 Å². The Morgan fingerprint density at radius 2 is 1.68 bits per heavy atom. The van der Waals surface area contributed by atoms with Crippen LogP contribution >= 0.6 is 0 Å². The van der Waals surface area contributed by atoms with Crippen molar-refractivity contribution in [1.29, 1.82) is 0 Å². The van der Waals surface area contributed by atoms with Crippen molar-refractivity contribution in [2.75, 3.05) is 0 Å². The van der Waals surface area contributed by atoms with Crippen molar-refractivity contribution in [2.24, 2.45) is 40.4 Å². The molecule has 5 nitrogen and oxygen atoms in total. The number of hydrogen-bond donors (Lipinski definition) is 2. The largest absolute Gasteiger partial charge is 0.462 e. The molecule has 0 unspecified atom stereocenters. The highest BCUT2D eigenvalue weighted by Crippen LogP contribution is 2.67. The number of ketones is 1. The highest BCUT2D eigenvalue weighted by molar-refractivity contribution is 5.79. The van der Waals surface area contributed by atoms with Crippen LogP contribution in [-0.2, 0) is 14.3 Å². The van der Waals surface area contributed by atoms with Gasteiger partial charge in [0, 0.05) is 24.2 Å². The summed E-state index contributed by atoms with van der Waals surface area (Å²) >= 11 is 0. The van der Waals surface area contributed by atoms with E-state index < -0.39 is 11.5 Å². The number of fused-ring (bicyclic) bond motifs is 5. The number of esters is 1. The van der Waals surface area contributed by atoms with Crippen molar-refractivity contribution in [3.63, 3.8) is 0 Å². The van der Waals surface area contributed by atoms with E-state index in [2.05, 4.69) is 13.8 Å². The number of aliphatic hydroxyl groups is 2. The molecule has 0 amide bonds. The third-order valence-corrected chi connectivity index (χ3v) is 9.55. The van der Waals surface area contributed by atoms with Crippen molar-refractivity contribution in [3.8, 4) is 0 Å². The Morgan fingerprint density at radius 3 is 2.32 bits per heavy atom. The summed E-state index contributed by atoms with van der Waals surface area (Å²) in [5.74, 6) is 0.780. The van der Waals surface area contributed by atoms with E-state index in [9.17, 15) is 19.8 Å². The second-order valence-electron chi connectivity index (χ2n) is 10.7. The molecule has 0 aromatic carbocycles. The second-order valence-corrected chi connectivity index (χ2v) is 10.7. The Morgan fingerprint density at radius 1 is 0.964 bits per heavy atom. The van der Waals surface area contributed by atoms with E-state index in [1.54, 1.807) is 6.92 Å². The molecule has 0 bridgehead atoms. The Kier molecular flexibility index (Phi) is 4.94. The summed E-state index contributed by atoms with van der Waals surface area (Å²) in [6, 6.07) is 0. The van der Waals surface area contributed by atoms with Crippen LogP contribution < -0.4 is 0 Å². The number of carbonyl (C=O) groups excluding carboxylic acids is 2. The zero-order valence-corrected chi connectivity index (χ0v) is 17.7. The Bertz CT molecular complexity index is 661. The fraction of sp³-hybridized carbons (Fsp3) is 0.913. The van der Waals surface area contributed by atoms with Crippen LogP contribution in [0, 0.1) is 40.4 Å². The first-order valence-corrected chi connectivity index (χ1v) is 11.1. The van der Waals surface area contributed by atoms with Gasteiger partial charge in [-0.25, -0.2) is 0 Å². The minimum Gasteiger partial charge on any atom is -0.462 e. The van der Waals surface area contributed by atoms with Crippen LogP contribution in [-0.4, -0.2) is 40.3 Å². The zero-order valence-electron chi connectivity index (χ0n) is 17.7. The van der Waals surface area contributed by atoms with Gasteiger partial charge in [0.1, 0.15) is 11.9 Å². The summed E-state index contributed by atoms with van der Waals surface area (Å²) < 4.78 is 5.89. The topological polar surface area (TPSA) is 83.8 Å². The van der Waals surface area contributed by atoms with E-state index in [1.165, 1.54) is 6.92 Å². The van der Waals surface area contributed by atoms with E-state index in [4.69, 9.17) is 4.74 Å². The molecule has 158 valence electrons. The molecule has 0 aromatic rings. The molecule has 4 saturated carbocycles. The molecule has 4 fully saturated rings. The minimum absolute atomic E-state index is 0.0527. The van der Waals surface area contributed by atoms with Gasteiger partial charge in [-0.2, -0.15) is 0 Å². The lowest BCUT2D eigenvalue weighted by Gasteiger charge is -2.63. The van der Waals surface area contributed by atoms with E-state index in [-0.39, 0.29) is 53.0 Å². The van der Waals surface area contributed by atoms with E-state index in [0.29, 0.717) is 12.3 Å². The molecule has 2 N–H and O–H groups in total. The van der Waals surface area contributed by atoms with Gasteiger partial charge >= 0.3 is 5.97 Å². The summed E-state index contributed by atoms with van der Waals surface area (Å²) in [6.07, 6.45) is 4.77. The van der Waals surface area contributed by atoms with Crippen LogP contribution in [0.25, 0.3) is 0 Å². The van der Waals surface area contributed by atoms with Gasteiger partial charge in [0.25, 0.3) is 0 Å². The predicted molar refractivity (Wildman–Crippen MR) is 104 cm³/mol. The first-order chi connectivity index (χ1) is 13.1. The maximum atomic E-state index is 12.4. The summed E-state index contributed by atoms with van der Waals surface area (Å²) in [4.78, 5) is 24.3. The Balaban J connectivity index is 1.75. The maximum Gasteiger partial charge on any atom is 0.302 e. The van der Waals surface area contributed by atoms with Crippen molar-refractivity contribution in [2.45, 2.75) is 91.0 Å². The summed E-state index contributed by atoms with van der Waals surface area (Å²) in [7, 11) is 0. The minimum atomic E-state index is -0.504. The lowest BCUT2D eigenvalue weighted by molar-refractivity contribution is -0.214. The average Bonchev–Trinajstić information content (AvgIpc) is 2.96. The smallest absolute Gasteiger partial charge is 0.302 e. The third kappa shape index (κ3) is 2.79. The molecule has 0 radical (unpaired) electrons. The normalized spacial score (nSPS) is 52.9. The monoisotopic (exact) mass is 392 g/mol. The molecule has 28 heavy (non-hydrogen) atoms. The average molecular weight is 393 g/mol. The molecule has 4 aliphatic carbocycles. The van der Waals surface area contributed by atoms with E-state index in [1.807, 2.05) is 0 Å². The first-order valence-electron chi connectivity index (χ1n) is 11.1.